The lowest BCUT2D eigenvalue weighted by Crippen LogP contribution is -2.05. The van der Waals surface area contributed by atoms with E-state index in [1.807, 2.05) is 6.07 Å². The van der Waals surface area contributed by atoms with Gasteiger partial charge in [-0.05, 0) is 27.7 Å². The lowest BCUT2D eigenvalue weighted by Gasteiger charge is -2.07. The van der Waals surface area contributed by atoms with Crippen molar-refractivity contribution in [3.63, 3.8) is 0 Å². The van der Waals surface area contributed by atoms with Crippen molar-refractivity contribution < 1.29 is 9.07 Å². The number of nitrogens with zero attached hydrogens (tertiary/aromatic N) is 5. The summed E-state index contributed by atoms with van der Waals surface area (Å²) >= 11 is 0. The van der Waals surface area contributed by atoms with Crippen LogP contribution in [0.25, 0.3) is 11.3 Å². The minimum atomic E-state index is -0.0330. The van der Waals surface area contributed by atoms with Crippen LogP contribution in [0, 0.1) is 39.0 Å². The Kier molecular flexibility index (Phi) is 4.03. The fourth-order valence-electron chi connectivity index (χ4n) is 1.55. The normalized spacial score (nSPS) is 11.8. The Morgan fingerprint density at radius 3 is 2.29 bits per heavy atom. The van der Waals surface area contributed by atoms with Gasteiger partial charge in [0.25, 0.3) is 0 Å². The zero-order chi connectivity index (χ0) is 15.6. The second-order valence-corrected chi connectivity index (χ2v) is 4.40. The molecular weight excluding hydrogens is 269 g/mol. The van der Waals surface area contributed by atoms with Crippen LogP contribution in [0.15, 0.2) is 4.42 Å². The van der Waals surface area contributed by atoms with Gasteiger partial charge in [0.1, 0.15) is 11.8 Å². The van der Waals surface area contributed by atoms with Gasteiger partial charge in [-0.2, -0.15) is 10.4 Å². The molecule has 0 aromatic carbocycles. The summed E-state index contributed by atoms with van der Waals surface area (Å²) < 4.78 is 10.2. The molecule has 2 radical (unpaired) electrons. The molecule has 0 fully saturated rings. The van der Waals surface area contributed by atoms with Crippen LogP contribution in [0.3, 0.4) is 0 Å². The van der Waals surface area contributed by atoms with E-state index < -0.39 is 0 Å². The van der Waals surface area contributed by atoms with Crippen LogP contribution in [0.4, 0.5) is 0 Å². The second kappa shape index (κ2) is 5.75. The van der Waals surface area contributed by atoms with E-state index in [0.717, 1.165) is 0 Å². The number of rotatable bonds is 3. The molecule has 8 heteroatoms. The van der Waals surface area contributed by atoms with Crippen molar-refractivity contribution >= 4 is 19.4 Å². The molecule has 7 nitrogen and oxygen atoms in total. The summed E-state index contributed by atoms with van der Waals surface area (Å²) in [6.07, 6.45) is 0. The minimum Gasteiger partial charge on any atom is -0.564 e. The first-order valence-corrected chi connectivity index (χ1v) is 6.11. The van der Waals surface area contributed by atoms with Crippen LogP contribution >= 0.6 is 0 Å². The Morgan fingerprint density at radius 1 is 1.10 bits per heavy atom. The Labute approximate surface area is 123 Å². The maximum atomic E-state index is 9.35. The zero-order valence-electron chi connectivity index (χ0n) is 12.1. The maximum absolute atomic E-state index is 9.35. The number of aryl methyl sites for hydroxylation is 4. The zero-order valence-corrected chi connectivity index (χ0v) is 12.1. The molecule has 2 aromatic rings. The van der Waals surface area contributed by atoms with E-state index in [1.54, 1.807) is 27.7 Å². The number of hydrogen-bond donors (Lipinski definition) is 0. The van der Waals surface area contributed by atoms with Gasteiger partial charge in [0, 0.05) is 0 Å². The molecule has 0 spiro atoms. The van der Waals surface area contributed by atoms with E-state index in [9.17, 15) is 5.26 Å². The van der Waals surface area contributed by atoms with Crippen LogP contribution in [0.1, 0.15) is 34.6 Å². The summed E-state index contributed by atoms with van der Waals surface area (Å²) in [4.78, 5) is 8.37. The van der Waals surface area contributed by atoms with Crippen molar-refractivity contribution in [3.8, 4) is 6.07 Å². The van der Waals surface area contributed by atoms with Gasteiger partial charge in [-0.15, -0.1) is 5.10 Å². The average Bonchev–Trinajstić information content (AvgIpc) is 2.78. The fourth-order valence-corrected chi connectivity index (χ4v) is 1.55. The van der Waals surface area contributed by atoms with E-state index in [2.05, 4.69) is 20.2 Å². The number of allylic oxidation sites excluding steroid dienone is 1. The van der Waals surface area contributed by atoms with Crippen molar-refractivity contribution in [2.75, 3.05) is 0 Å². The van der Waals surface area contributed by atoms with Crippen LogP contribution in [0.2, 0.25) is 0 Å². The van der Waals surface area contributed by atoms with E-state index in [0.29, 0.717) is 22.8 Å². The van der Waals surface area contributed by atoms with E-state index in [1.165, 1.54) is 0 Å². The van der Waals surface area contributed by atoms with E-state index >= 15 is 0 Å². The molecule has 0 aliphatic carbocycles. The molecule has 0 saturated carbocycles. The standard InChI is InChI=1S/C13H12BN5O2/c1-6-7(2)18-19-12(16-6)11(21-14)10(5-15)13-17-8(3)9(4)20-13/h1-4H3. The molecular formula is C13H12BN5O2. The van der Waals surface area contributed by atoms with Crippen molar-refractivity contribution in [3.05, 3.63) is 34.6 Å². The molecule has 2 rings (SSSR count). The van der Waals surface area contributed by atoms with E-state index in [-0.39, 0.29) is 23.0 Å². The quantitative estimate of drug-likeness (QED) is 0.478. The molecule has 2 heterocycles. The van der Waals surface area contributed by atoms with Gasteiger partial charge < -0.3 is 9.07 Å². The van der Waals surface area contributed by atoms with Gasteiger partial charge in [0.05, 0.1) is 17.1 Å². The molecule has 0 aliphatic rings. The van der Waals surface area contributed by atoms with E-state index in [4.69, 9.17) is 17.1 Å². The first-order valence-electron chi connectivity index (χ1n) is 6.11. The SMILES string of the molecule is [B]OC(=C(C#N)c1nc(C)c(C)o1)c1nnc(C)c(C)n1. The summed E-state index contributed by atoms with van der Waals surface area (Å²) in [6, 6.07) is 1.95. The van der Waals surface area contributed by atoms with Crippen molar-refractivity contribution in [2.24, 2.45) is 0 Å². The number of hydrogen-bond acceptors (Lipinski definition) is 7. The van der Waals surface area contributed by atoms with Gasteiger partial charge in [-0.3, -0.25) is 0 Å². The average molecular weight is 281 g/mol. The van der Waals surface area contributed by atoms with Crippen LogP contribution in [-0.2, 0) is 4.65 Å². The molecule has 104 valence electrons. The van der Waals surface area contributed by atoms with Crippen molar-refractivity contribution in [1.29, 1.82) is 5.26 Å². The first-order chi connectivity index (χ1) is 9.97. The summed E-state index contributed by atoms with van der Waals surface area (Å²) in [5.41, 5.74) is 2.02. The Balaban J connectivity index is 2.63. The van der Waals surface area contributed by atoms with Gasteiger partial charge >= 0.3 is 8.05 Å². The van der Waals surface area contributed by atoms with Crippen molar-refractivity contribution in [2.45, 2.75) is 27.7 Å². The monoisotopic (exact) mass is 281 g/mol. The third-order valence-electron chi connectivity index (χ3n) is 2.99. The van der Waals surface area contributed by atoms with Gasteiger partial charge in [-0.25, -0.2) is 9.97 Å². The van der Waals surface area contributed by atoms with Gasteiger partial charge in [0.2, 0.25) is 11.7 Å². The van der Waals surface area contributed by atoms with Gasteiger partial charge in [0.15, 0.2) is 11.3 Å². The van der Waals surface area contributed by atoms with Crippen LogP contribution < -0.4 is 0 Å². The highest BCUT2D eigenvalue weighted by Crippen LogP contribution is 2.25. The molecule has 0 aliphatic heterocycles. The summed E-state index contributed by atoms with van der Waals surface area (Å²) in [5.74, 6) is 0.781. The highest BCUT2D eigenvalue weighted by atomic mass is 16.4. The largest absolute Gasteiger partial charge is 0.564 e. The predicted octanol–water partition coefficient (Wildman–Crippen LogP) is 1.59. The number of aromatic nitrogens is 4. The smallest absolute Gasteiger partial charge is 0.374 e. The highest BCUT2D eigenvalue weighted by Gasteiger charge is 2.20. The molecule has 0 amide bonds. The Bertz CT molecular complexity index is 741. The highest BCUT2D eigenvalue weighted by molar-refractivity contribution is 6.05. The Hall–Kier alpha value is -2.69. The first kappa shape index (κ1) is 14.7. The topological polar surface area (TPSA) is 97.7 Å². The lowest BCUT2D eigenvalue weighted by atomic mass is 10.2. The number of nitriles is 1. The van der Waals surface area contributed by atoms with Gasteiger partial charge in [-0.1, -0.05) is 0 Å². The molecule has 0 N–H and O–H groups in total. The molecule has 0 bridgehead atoms. The summed E-state index contributed by atoms with van der Waals surface area (Å²) in [5, 5.41) is 17.2. The van der Waals surface area contributed by atoms with Crippen LogP contribution in [-0.4, -0.2) is 28.2 Å². The minimum absolute atomic E-state index is 0.0127. The summed E-state index contributed by atoms with van der Waals surface area (Å²) in [6.45, 7) is 7.07. The molecule has 0 saturated heterocycles. The number of oxazole rings is 1. The third kappa shape index (κ3) is 2.77. The van der Waals surface area contributed by atoms with Crippen LogP contribution in [0.5, 0.6) is 0 Å². The van der Waals surface area contributed by atoms with Crippen molar-refractivity contribution in [1.82, 2.24) is 20.2 Å². The summed E-state index contributed by atoms with van der Waals surface area (Å²) in [7, 11) is 5.27. The molecule has 21 heavy (non-hydrogen) atoms. The second-order valence-electron chi connectivity index (χ2n) is 4.40. The third-order valence-corrected chi connectivity index (χ3v) is 2.99. The molecule has 2 aromatic heterocycles. The maximum Gasteiger partial charge on any atom is 0.374 e. The molecule has 0 unspecified atom stereocenters. The predicted molar refractivity (Wildman–Crippen MR) is 74.5 cm³/mol. The fraction of sp³-hybridized carbons (Fsp3) is 0.308. The Morgan fingerprint density at radius 2 is 1.81 bits per heavy atom. The lowest BCUT2D eigenvalue weighted by molar-refractivity contribution is 0.508. The molecule has 0 atom stereocenters.